The van der Waals surface area contributed by atoms with Crippen LogP contribution in [0.2, 0.25) is 0 Å². The fraction of sp³-hybridized carbons (Fsp3) is 0.143. The molecule has 0 aromatic heterocycles. The minimum atomic E-state index is -10.1. The van der Waals surface area contributed by atoms with Crippen molar-refractivity contribution in [3.05, 3.63) is 23.8 Å². The summed E-state index contributed by atoms with van der Waals surface area (Å²) in [7, 11) is -9.28. The molecule has 0 saturated heterocycles. The van der Waals surface area contributed by atoms with Crippen LogP contribution in [0, 0.1) is 11.6 Å². The predicted molar refractivity (Wildman–Crippen MR) is 44.3 cm³/mol. The molecule has 1 nitrogen and oxygen atoms in total. The van der Waals surface area contributed by atoms with Gasteiger partial charge in [0.15, 0.2) is 17.4 Å². The maximum absolute atomic E-state index is 12.8. The van der Waals surface area contributed by atoms with E-state index < -0.39 is 44.6 Å². The van der Waals surface area contributed by atoms with Crippen molar-refractivity contribution in [1.29, 1.82) is 0 Å². The summed E-state index contributed by atoms with van der Waals surface area (Å²) < 4.78 is 90.5. The normalized spacial score (nSPS) is 16.5. The van der Waals surface area contributed by atoms with Crippen molar-refractivity contribution < 1.29 is 32.9 Å². The number of ether oxygens (including phenoxy) is 1. The highest BCUT2D eigenvalue weighted by molar-refractivity contribution is 8.45. The fourth-order valence-electron chi connectivity index (χ4n) is 0.954. The number of hydrogen-bond donors (Lipinski definition) is 0. The maximum Gasteiger partial charge on any atom is 0.310 e. The van der Waals surface area contributed by atoms with E-state index in [0.717, 1.165) is 7.11 Å². The van der Waals surface area contributed by atoms with E-state index in [1.807, 2.05) is 0 Å². The van der Waals surface area contributed by atoms with E-state index in [9.17, 15) is 28.2 Å². The van der Waals surface area contributed by atoms with Crippen LogP contribution in [-0.2, 0) is 0 Å². The van der Waals surface area contributed by atoms with E-state index in [0.29, 0.717) is 0 Å². The summed E-state index contributed by atoms with van der Waals surface area (Å²) in [6.07, 6.45) is 0. The fourth-order valence-corrected chi connectivity index (χ4v) is 1.61. The van der Waals surface area contributed by atoms with Gasteiger partial charge in [-0.05, 0) is 0 Å². The maximum atomic E-state index is 12.8. The first-order valence-electron chi connectivity index (χ1n) is 3.62. The van der Waals surface area contributed by atoms with E-state index >= 15 is 0 Å². The Morgan fingerprint density at radius 3 is 1.56 bits per heavy atom. The third-order valence-corrected chi connectivity index (χ3v) is 2.75. The Morgan fingerprint density at radius 2 is 1.31 bits per heavy atom. The standard InChI is InChI=1S/C7H5F7OS/c1-15-7-5(8)2-4(3-6(7)9)16(10,11,12,13)14/h2-3H,1H3. The molecule has 0 heterocycles. The van der Waals surface area contributed by atoms with Gasteiger partial charge in [-0.3, -0.25) is 0 Å². The van der Waals surface area contributed by atoms with Gasteiger partial charge in [-0.25, -0.2) is 8.78 Å². The molecule has 16 heavy (non-hydrogen) atoms. The average Bonchev–Trinajstić information content (AvgIpc) is 1.99. The van der Waals surface area contributed by atoms with Gasteiger partial charge in [-0.2, -0.15) is 0 Å². The molecule has 0 fully saturated rings. The van der Waals surface area contributed by atoms with Gasteiger partial charge in [0.05, 0.1) is 7.11 Å². The molecule has 0 aliphatic carbocycles. The summed E-state index contributed by atoms with van der Waals surface area (Å²) in [5, 5.41) is 0. The van der Waals surface area contributed by atoms with Crippen molar-refractivity contribution in [2.24, 2.45) is 0 Å². The Bertz CT molecular complexity index is 414. The first-order valence-corrected chi connectivity index (χ1v) is 5.57. The molecule has 1 aromatic carbocycles. The summed E-state index contributed by atoms with van der Waals surface area (Å²) in [6, 6.07) is -0.993. The largest absolute Gasteiger partial charge is 0.491 e. The number of hydrogen-bond acceptors (Lipinski definition) is 1. The van der Waals surface area contributed by atoms with E-state index in [4.69, 9.17) is 0 Å². The lowest BCUT2D eigenvalue weighted by molar-refractivity contribution is 0.346. The van der Waals surface area contributed by atoms with Gasteiger partial charge in [-0.1, -0.05) is 19.4 Å². The molecule has 0 bridgehead atoms. The Kier molecular flexibility index (Phi) is 2.23. The minimum absolute atomic E-state index is 0.497. The molecule has 1 rings (SSSR count). The summed E-state index contributed by atoms with van der Waals surface area (Å²) in [4.78, 5) is -2.63. The van der Waals surface area contributed by atoms with Crippen molar-refractivity contribution in [1.82, 2.24) is 0 Å². The van der Waals surface area contributed by atoms with E-state index in [1.54, 1.807) is 0 Å². The quantitative estimate of drug-likeness (QED) is 0.712. The zero-order valence-corrected chi connectivity index (χ0v) is 8.43. The van der Waals surface area contributed by atoms with Crippen LogP contribution in [0.5, 0.6) is 5.75 Å². The van der Waals surface area contributed by atoms with Gasteiger partial charge in [0.25, 0.3) is 0 Å². The number of benzene rings is 1. The first-order chi connectivity index (χ1) is 6.85. The molecule has 94 valence electrons. The van der Waals surface area contributed by atoms with E-state index in [2.05, 4.69) is 4.74 Å². The monoisotopic (exact) mass is 270 g/mol. The van der Waals surface area contributed by atoms with Crippen molar-refractivity contribution in [3.63, 3.8) is 0 Å². The molecule has 0 N–H and O–H groups in total. The van der Waals surface area contributed by atoms with Crippen molar-refractivity contribution in [2.45, 2.75) is 4.90 Å². The third kappa shape index (κ3) is 2.52. The van der Waals surface area contributed by atoms with Crippen molar-refractivity contribution in [2.75, 3.05) is 7.11 Å². The van der Waals surface area contributed by atoms with Crippen molar-refractivity contribution >= 4 is 10.2 Å². The average molecular weight is 270 g/mol. The molecule has 0 aliphatic rings. The molecule has 9 heteroatoms. The molecule has 0 amide bonds. The van der Waals surface area contributed by atoms with Gasteiger partial charge in [0, 0.05) is 12.1 Å². The van der Waals surface area contributed by atoms with Crippen LogP contribution in [-0.4, -0.2) is 7.11 Å². The second-order valence-corrected chi connectivity index (χ2v) is 5.30. The lowest BCUT2D eigenvalue weighted by atomic mass is 10.3. The van der Waals surface area contributed by atoms with Crippen LogP contribution in [0.3, 0.4) is 0 Å². The van der Waals surface area contributed by atoms with Gasteiger partial charge >= 0.3 is 10.2 Å². The number of rotatable bonds is 2. The molecule has 0 radical (unpaired) electrons. The minimum Gasteiger partial charge on any atom is -0.491 e. The third-order valence-electron chi connectivity index (χ3n) is 1.62. The van der Waals surface area contributed by atoms with Crippen LogP contribution in [0.15, 0.2) is 17.0 Å². The molecule has 0 unspecified atom stereocenters. The molecule has 0 aliphatic heterocycles. The second-order valence-electron chi connectivity index (χ2n) is 2.89. The Hall–Kier alpha value is -1.12. The molecule has 0 spiro atoms. The first kappa shape index (κ1) is 12.9. The molecule has 1 aromatic rings. The zero-order chi connectivity index (χ0) is 12.8. The summed E-state index contributed by atoms with van der Waals surface area (Å²) in [5.41, 5.74) is 0. The molecular formula is C7H5F7OS. The van der Waals surface area contributed by atoms with Gasteiger partial charge < -0.3 is 4.74 Å². The predicted octanol–water partition coefficient (Wildman–Crippen LogP) is 4.63. The summed E-state index contributed by atoms with van der Waals surface area (Å²) in [5.74, 6) is -4.83. The highest BCUT2D eigenvalue weighted by Gasteiger charge is 2.65. The molecule has 0 atom stereocenters. The van der Waals surface area contributed by atoms with Crippen LogP contribution in [0.4, 0.5) is 28.2 Å². The van der Waals surface area contributed by atoms with E-state index in [1.165, 1.54) is 0 Å². The van der Waals surface area contributed by atoms with Crippen LogP contribution >= 0.6 is 10.2 Å². The smallest absolute Gasteiger partial charge is 0.310 e. The van der Waals surface area contributed by atoms with Gasteiger partial charge in [-0.15, -0.1) is 0 Å². The van der Waals surface area contributed by atoms with Gasteiger partial charge in [0.1, 0.15) is 4.90 Å². The van der Waals surface area contributed by atoms with Crippen molar-refractivity contribution in [3.8, 4) is 5.75 Å². The van der Waals surface area contributed by atoms with Crippen LogP contribution in [0.1, 0.15) is 0 Å². The van der Waals surface area contributed by atoms with Crippen LogP contribution < -0.4 is 4.74 Å². The summed E-state index contributed by atoms with van der Waals surface area (Å²) in [6.45, 7) is 0. The summed E-state index contributed by atoms with van der Waals surface area (Å²) >= 11 is 0. The topological polar surface area (TPSA) is 9.23 Å². The van der Waals surface area contributed by atoms with Gasteiger partial charge in [0.2, 0.25) is 0 Å². The Balaban J connectivity index is 3.54. The zero-order valence-electron chi connectivity index (χ0n) is 7.62. The SMILES string of the molecule is COc1c(F)cc(S(F)(F)(F)(F)F)cc1F. The lowest BCUT2D eigenvalue weighted by Gasteiger charge is -2.40. The van der Waals surface area contributed by atoms with Crippen LogP contribution in [0.25, 0.3) is 0 Å². The lowest BCUT2D eigenvalue weighted by Crippen LogP contribution is -2.08. The Morgan fingerprint density at radius 1 is 0.938 bits per heavy atom. The number of halogens is 7. The van der Waals surface area contributed by atoms with E-state index in [-0.39, 0.29) is 0 Å². The number of methoxy groups -OCH3 is 1. The Labute approximate surface area is 85.5 Å². The second kappa shape index (κ2) is 2.76. The molecular weight excluding hydrogens is 265 g/mol. The highest BCUT2D eigenvalue weighted by atomic mass is 32.5. The highest BCUT2D eigenvalue weighted by Crippen LogP contribution is 3.02. The molecule has 0 saturated carbocycles.